The maximum Gasteiger partial charge on any atom is 0.0408 e. The van der Waals surface area contributed by atoms with Gasteiger partial charge in [0.15, 0.2) is 0 Å². The van der Waals surface area contributed by atoms with Crippen molar-refractivity contribution >= 4 is 11.6 Å². The average Bonchev–Trinajstić information content (AvgIpc) is 2.84. The van der Waals surface area contributed by atoms with Gasteiger partial charge in [0, 0.05) is 11.1 Å². The smallest absolute Gasteiger partial charge is 0.0408 e. The third-order valence-electron chi connectivity index (χ3n) is 3.74. The molecule has 2 heteroatoms. The standard InChI is InChI=1S/C13H16ClN/c14-12-4-3-10-8-13(9-11(10)7-12)15-5-1-2-6-15/h3-4,7,13H,1-2,5-6,8-9H2. The fourth-order valence-electron chi connectivity index (χ4n) is 2.93. The van der Waals surface area contributed by atoms with E-state index in [2.05, 4.69) is 17.0 Å². The molecule has 0 aromatic heterocycles. The lowest BCUT2D eigenvalue weighted by Crippen LogP contribution is -2.33. The zero-order chi connectivity index (χ0) is 10.3. The van der Waals surface area contributed by atoms with Crippen molar-refractivity contribution in [1.29, 1.82) is 0 Å². The maximum absolute atomic E-state index is 6.02. The van der Waals surface area contributed by atoms with Crippen molar-refractivity contribution < 1.29 is 0 Å². The van der Waals surface area contributed by atoms with Crippen LogP contribution in [-0.2, 0) is 12.8 Å². The topological polar surface area (TPSA) is 3.24 Å². The molecule has 1 aromatic rings. The van der Waals surface area contributed by atoms with Crippen molar-refractivity contribution in [2.24, 2.45) is 0 Å². The number of halogens is 1. The third-order valence-corrected chi connectivity index (χ3v) is 3.97. The summed E-state index contributed by atoms with van der Waals surface area (Å²) in [5.74, 6) is 0. The Hall–Kier alpha value is -0.530. The monoisotopic (exact) mass is 221 g/mol. The van der Waals surface area contributed by atoms with E-state index in [0.717, 1.165) is 11.1 Å². The lowest BCUT2D eigenvalue weighted by Gasteiger charge is -2.22. The molecule has 80 valence electrons. The largest absolute Gasteiger partial charge is 0.300 e. The van der Waals surface area contributed by atoms with Gasteiger partial charge in [0.25, 0.3) is 0 Å². The molecule has 15 heavy (non-hydrogen) atoms. The first-order chi connectivity index (χ1) is 7.33. The number of fused-ring (bicyclic) bond motifs is 1. The number of hydrogen-bond acceptors (Lipinski definition) is 1. The van der Waals surface area contributed by atoms with Crippen molar-refractivity contribution in [2.75, 3.05) is 13.1 Å². The van der Waals surface area contributed by atoms with E-state index in [1.807, 2.05) is 6.07 Å². The minimum Gasteiger partial charge on any atom is -0.300 e. The van der Waals surface area contributed by atoms with Crippen molar-refractivity contribution in [2.45, 2.75) is 31.7 Å². The van der Waals surface area contributed by atoms with Crippen LogP contribution in [0, 0.1) is 0 Å². The van der Waals surface area contributed by atoms with Crippen molar-refractivity contribution in [1.82, 2.24) is 4.90 Å². The Balaban J connectivity index is 1.79. The Bertz CT molecular complexity index is 369. The van der Waals surface area contributed by atoms with E-state index in [9.17, 15) is 0 Å². The molecule has 1 heterocycles. The van der Waals surface area contributed by atoms with Gasteiger partial charge in [0.2, 0.25) is 0 Å². The predicted octanol–water partition coefficient (Wildman–Crippen LogP) is 2.90. The van der Waals surface area contributed by atoms with E-state index in [4.69, 9.17) is 11.6 Å². The molecule has 1 atom stereocenters. The van der Waals surface area contributed by atoms with E-state index in [0.29, 0.717) is 0 Å². The molecule has 0 saturated carbocycles. The molecule has 1 unspecified atom stereocenters. The van der Waals surface area contributed by atoms with E-state index < -0.39 is 0 Å². The fourth-order valence-corrected chi connectivity index (χ4v) is 3.12. The lowest BCUT2D eigenvalue weighted by atomic mass is 10.1. The van der Waals surface area contributed by atoms with Gasteiger partial charge in [-0.15, -0.1) is 0 Å². The molecule has 1 aromatic carbocycles. The first kappa shape index (κ1) is 9.68. The number of hydrogen-bond donors (Lipinski definition) is 0. The normalized spacial score (nSPS) is 25.8. The Kier molecular flexibility index (Phi) is 2.45. The molecule has 1 nitrogen and oxygen atoms in total. The van der Waals surface area contributed by atoms with Gasteiger partial charge < -0.3 is 0 Å². The van der Waals surface area contributed by atoms with Crippen molar-refractivity contribution in [3.8, 4) is 0 Å². The van der Waals surface area contributed by atoms with Crippen molar-refractivity contribution in [3.63, 3.8) is 0 Å². The summed E-state index contributed by atoms with van der Waals surface area (Å²) < 4.78 is 0. The fraction of sp³-hybridized carbons (Fsp3) is 0.538. The van der Waals surface area contributed by atoms with Gasteiger partial charge in [-0.05, 0) is 62.0 Å². The van der Waals surface area contributed by atoms with Gasteiger partial charge in [-0.1, -0.05) is 17.7 Å². The van der Waals surface area contributed by atoms with Gasteiger partial charge in [-0.3, -0.25) is 4.90 Å². The first-order valence-corrected chi connectivity index (χ1v) is 6.22. The Morgan fingerprint density at radius 1 is 1.07 bits per heavy atom. The van der Waals surface area contributed by atoms with E-state index in [1.165, 1.54) is 49.9 Å². The van der Waals surface area contributed by atoms with Crippen molar-refractivity contribution in [3.05, 3.63) is 34.3 Å². The molecule has 0 amide bonds. The summed E-state index contributed by atoms with van der Waals surface area (Å²) in [4.78, 5) is 2.65. The molecule has 0 radical (unpaired) electrons. The number of likely N-dealkylation sites (tertiary alicyclic amines) is 1. The molecule has 0 N–H and O–H groups in total. The van der Waals surface area contributed by atoms with E-state index in [-0.39, 0.29) is 0 Å². The summed E-state index contributed by atoms with van der Waals surface area (Å²) >= 11 is 6.02. The summed E-state index contributed by atoms with van der Waals surface area (Å²) in [5, 5.41) is 0.885. The van der Waals surface area contributed by atoms with Crippen LogP contribution in [0.2, 0.25) is 5.02 Å². The molecule has 1 aliphatic heterocycles. The van der Waals surface area contributed by atoms with Crippen LogP contribution in [0.3, 0.4) is 0 Å². The quantitative estimate of drug-likeness (QED) is 0.705. The minimum atomic E-state index is 0.751. The predicted molar refractivity (Wildman–Crippen MR) is 63.5 cm³/mol. The van der Waals surface area contributed by atoms with Crippen LogP contribution in [0.5, 0.6) is 0 Å². The lowest BCUT2D eigenvalue weighted by molar-refractivity contribution is 0.250. The highest BCUT2D eigenvalue weighted by atomic mass is 35.5. The van der Waals surface area contributed by atoms with Crippen LogP contribution in [0.1, 0.15) is 24.0 Å². The third kappa shape index (κ3) is 1.79. The van der Waals surface area contributed by atoms with Crippen LogP contribution in [0.25, 0.3) is 0 Å². The zero-order valence-electron chi connectivity index (χ0n) is 8.88. The molecule has 2 aliphatic rings. The summed E-state index contributed by atoms with van der Waals surface area (Å²) in [7, 11) is 0. The Morgan fingerprint density at radius 3 is 2.60 bits per heavy atom. The van der Waals surface area contributed by atoms with Gasteiger partial charge >= 0.3 is 0 Å². The molecular formula is C13H16ClN. The Morgan fingerprint density at radius 2 is 1.80 bits per heavy atom. The second kappa shape index (κ2) is 3.80. The highest BCUT2D eigenvalue weighted by Gasteiger charge is 2.28. The maximum atomic E-state index is 6.02. The summed E-state index contributed by atoms with van der Waals surface area (Å²) in [6.45, 7) is 2.60. The Labute approximate surface area is 96.0 Å². The molecule has 0 bridgehead atoms. The molecule has 3 rings (SSSR count). The summed E-state index contributed by atoms with van der Waals surface area (Å²) in [6, 6.07) is 7.12. The van der Waals surface area contributed by atoms with Gasteiger partial charge in [-0.2, -0.15) is 0 Å². The molecular weight excluding hydrogens is 206 g/mol. The second-order valence-electron chi connectivity index (χ2n) is 4.72. The van der Waals surface area contributed by atoms with Crippen LogP contribution < -0.4 is 0 Å². The van der Waals surface area contributed by atoms with Gasteiger partial charge in [-0.25, -0.2) is 0 Å². The van der Waals surface area contributed by atoms with Crippen LogP contribution in [0.4, 0.5) is 0 Å². The van der Waals surface area contributed by atoms with Gasteiger partial charge in [0.1, 0.15) is 0 Å². The molecule has 1 aliphatic carbocycles. The SMILES string of the molecule is Clc1ccc2c(c1)CC(N1CCCC1)C2. The van der Waals surface area contributed by atoms with Crippen LogP contribution in [-0.4, -0.2) is 24.0 Å². The first-order valence-electron chi connectivity index (χ1n) is 5.84. The summed E-state index contributed by atoms with van der Waals surface area (Å²) in [6.07, 6.45) is 5.20. The highest BCUT2D eigenvalue weighted by molar-refractivity contribution is 6.30. The van der Waals surface area contributed by atoms with E-state index >= 15 is 0 Å². The van der Waals surface area contributed by atoms with Gasteiger partial charge in [0.05, 0.1) is 0 Å². The average molecular weight is 222 g/mol. The highest BCUT2D eigenvalue weighted by Crippen LogP contribution is 2.29. The molecule has 1 saturated heterocycles. The second-order valence-corrected chi connectivity index (χ2v) is 5.15. The van der Waals surface area contributed by atoms with Crippen LogP contribution in [0.15, 0.2) is 18.2 Å². The minimum absolute atomic E-state index is 0.751. The van der Waals surface area contributed by atoms with E-state index in [1.54, 1.807) is 0 Å². The van der Waals surface area contributed by atoms with Crippen LogP contribution >= 0.6 is 11.6 Å². The number of nitrogens with zero attached hydrogens (tertiary/aromatic N) is 1. The molecule has 1 fully saturated rings. The number of benzene rings is 1. The zero-order valence-corrected chi connectivity index (χ0v) is 9.63. The summed E-state index contributed by atoms with van der Waals surface area (Å²) in [5.41, 5.74) is 2.98. The number of rotatable bonds is 1. The molecule has 0 spiro atoms.